The Hall–Kier alpha value is -3.37. The average molecular weight is 637 g/mol. The minimum absolute atomic E-state index is 0.0202. The molecule has 2 heterocycles. The largest absolute Gasteiger partial charge is 0.417 e. The van der Waals surface area contributed by atoms with Crippen LogP contribution in [-0.4, -0.2) is 57.0 Å². The summed E-state index contributed by atoms with van der Waals surface area (Å²) in [5, 5.41) is 16.0. The van der Waals surface area contributed by atoms with Crippen molar-refractivity contribution in [2.45, 2.75) is 69.6 Å². The first-order valence-corrected chi connectivity index (χ1v) is 14.3. The van der Waals surface area contributed by atoms with E-state index in [9.17, 15) is 45.8 Å². The summed E-state index contributed by atoms with van der Waals surface area (Å²) >= 11 is 1.61. The lowest BCUT2D eigenvalue weighted by atomic mass is 10.0. The second kappa shape index (κ2) is 14.2. The summed E-state index contributed by atoms with van der Waals surface area (Å²) in [6.07, 6.45) is -9.71. The number of benzene rings is 1. The number of nitrogens with zero attached hydrogens (tertiary/aromatic N) is 2. The highest BCUT2D eigenvalue weighted by Crippen LogP contribution is 2.38. The van der Waals surface area contributed by atoms with Gasteiger partial charge in [0, 0.05) is 23.6 Å². The fourth-order valence-corrected chi connectivity index (χ4v) is 5.36. The van der Waals surface area contributed by atoms with Crippen molar-refractivity contribution < 1.29 is 45.8 Å². The van der Waals surface area contributed by atoms with Gasteiger partial charge in [0.25, 0.3) is 5.91 Å². The van der Waals surface area contributed by atoms with Gasteiger partial charge in [-0.2, -0.15) is 26.3 Å². The van der Waals surface area contributed by atoms with Crippen LogP contribution in [0.1, 0.15) is 64.1 Å². The third-order valence-corrected chi connectivity index (χ3v) is 7.73. The Balaban J connectivity index is 1.79. The first-order chi connectivity index (χ1) is 19.7. The summed E-state index contributed by atoms with van der Waals surface area (Å²) in [6, 6.07) is 1.99. The highest BCUT2D eigenvalue weighted by molar-refractivity contribution is 7.17. The van der Waals surface area contributed by atoms with Gasteiger partial charge in [0.2, 0.25) is 11.7 Å². The fraction of sp³-hybridized carbons (Fsp3) is 0.423. The molecule has 0 saturated heterocycles. The van der Waals surface area contributed by atoms with Crippen LogP contribution in [-0.2, 0) is 11.0 Å². The van der Waals surface area contributed by atoms with Crippen molar-refractivity contribution in [1.82, 2.24) is 20.6 Å². The second-order valence-corrected chi connectivity index (χ2v) is 11.2. The second-order valence-electron chi connectivity index (χ2n) is 9.30. The molecule has 2 aromatic heterocycles. The molecule has 0 saturated carbocycles. The summed E-state index contributed by atoms with van der Waals surface area (Å²) in [5.74, 6) is -2.44. The molecule has 228 valence electrons. The van der Waals surface area contributed by atoms with Crippen LogP contribution in [0, 0.1) is 0 Å². The molecule has 42 heavy (non-hydrogen) atoms. The van der Waals surface area contributed by atoms with Crippen molar-refractivity contribution in [2.75, 3.05) is 0 Å². The third-order valence-electron chi connectivity index (χ3n) is 5.92. The van der Waals surface area contributed by atoms with E-state index in [-0.39, 0.29) is 39.7 Å². The lowest BCUT2D eigenvalue weighted by molar-refractivity contribution is -0.137. The van der Waals surface area contributed by atoms with Crippen LogP contribution in [0.25, 0.3) is 10.6 Å². The van der Waals surface area contributed by atoms with Crippen molar-refractivity contribution in [3.63, 3.8) is 0 Å². The van der Waals surface area contributed by atoms with Gasteiger partial charge in [-0.1, -0.05) is 18.2 Å². The van der Waals surface area contributed by atoms with Crippen molar-refractivity contribution in [3.8, 4) is 10.6 Å². The molecule has 0 spiro atoms. The quantitative estimate of drug-likeness (QED) is 0.165. The number of aliphatic hydroxyl groups excluding tert-OH is 1. The number of rotatable bonds is 13. The van der Waals surface area contributed by atoms with Crippen molar-refractivity contribution in [3.05, 3.63) is 57.5 Å². The molecule has 3 N–H and O–H groups in total. The minimum Gasteiger partial charge on any atom is -0.393 e. The Morgan fingerprint density at radius 3 is 2.31 bits per heavy atom. The Kier molecular flexibility index (Phi) is 11.2. The number of amides is 2. The van der Waals surface area contributed by atoms with Crippen molar-refractivity contribution >= 4 is 40.3 Å². The fourth-order valence-electron chi connectivity index (χ4n) is 3.87. The lowest BCUT2D eigenvalue weighted by Crippen LogP contribution is -2.51. The normalized spacial score (nSPS) is 14.2. The van der Waals surface area contributed by atoms with Gasteiger partial charge in [-0.3, -0.25) is 14.4 Å². The number of carbonyl (C=O) groups is 3. The van der Waals surface area contributed by atoms with Crippen LogP contribution in [0.2, 0.25) is 0 Å². The van der Waals surface area contributed by atoms with E-state index < -0.39 is 66.5 Å². The van der Waals surface area contributed by atoms with Crippen molar-refractivity contribution in [1.29, 1.82) is 0 Å². The van der Waals surface area contributed by atoms with E-state index in [0.717, 1.165) is 23.6 Å². The number of hydrogen-bond donors (Lipinski definition) is 3. The molecule has 3 rings (SSSR count). The van der Waals surface area contributed by atoms with E-state index in [0.29, 0.717) is 11.3 Å². The highest BCUT2D eigenvalue weighted by Gasteiger charge is 2.35. The zero-order chi connectivity index (χ0) is 31.1. The van der Waals surface area contributed by atoms with E-state index >= 15 is 0 Å². The van der Waals surface area contributed by atoms with E-state index in [1.54, 1.807) is 0 Å². The molecular weight excluding hydrogens is 610 g/mol. The molecule has 16 heteroatoms. The Labute approximate surface area is 244 Å². The predicted octanol–water partition coefficient (Wildman–Crippen LogP) is 5.65. The molecule has 0 fully saturated rings. The summed E-state index contributed by atoms with van der Waals surface area (Å²) in [6.45, 7) is 1.44. The van der Waals surface area contributed by atoms with E-state index in [1.165, 1.54) is 36.7 Å². The first-order valence-electron chi connectivity index (χ1n) is 12.6. The molecule has 0 aliphatic rings. The number of ketones is 1. The van der Waals surface area contributed by atoms with Gasteiger partial charge in [0.1, 0.15) is 15.9 Å². The SMILES string of the molecule is CC(O)CC[C@H](NC(=O)c1cnc(-c2ccccc2C(F)(F)F)s1)C(=O)N[C@@H](CCCC(F)(F)F)C(=O)c1nccs1. The van der Waals surface area contributed by atoms with Gasteiger partial charge in [-0.05, 0) is 38.7 Å². The van der Waals surface area contributed by atoms with Gasteiger partial charge in [-0.15, -0.1) is 22.7 Å². The van der Waals surface area contributed by atoms with E-state index in [1.807, 2.05) is 0 Å². The van der Waals surface area contributed by atoms with Crippen LogP contribution >= 0.6 is 22.7 Å². The zero-order valence-electron chi connectivity index (χ0n) is 22.0. The summed E-state index contributed by atoms with van der Waals surface area (Å²) in [5.41, 5.74) is -1.18. The Bertz CT molecular complexity index is 1360. The van der Waals surface area contributed by atoms with Gasteiger partial charge in [-0.25, -0.2) is 9.97 Å². The van der Waals surface area contributed by atoms with Crippen LogP contribution < -0.4 is 10.6 Å². The maximum Gasteiger partial charge on any atom is 0.417 e. The molecule has 0 aliphatic carbocycles. The number of Topliss-reactive ketones (excluding diaryl/α,β-unsaturated/α-hetero) is 1. The number of thiazole rings is 2. The van der Waals surface area contributed by atoms with Gasteiger partial charge < -0.3 is 15.7 Å². The lowest BCUT2D eigenvalue weighted by Gasteiger charge is -2.23. The highest BCUT2D eigenvalue weighted by atomic mass is 32.1. The molecule has 3 atom stereocenters. The number of aromatic nitrogens is 2. The predicted molar refractivity (Wildman–Crippen MR) is 143 cm³/mol. The van der Waals surface area contributed by atoms with Crippen LogP contribution in [0.5, 0.6) is 0 Å². The minimum atomic E-state index is -4.67. The molecule has 1 unspecified atom stereocenters. The Morgan fingerprint density at radius 1 is 0.976 bits per heavy atom. The van der Waals surface area contributed by atoms with Crippen LogP contribution in [0.3, 0.4) is 0 Å². The molecule has 1 aromatic carbocycles. The number of alkyl halides is 6. The molecule has 2 amide bonds. The summed E-state index contributed by atoms with van der Waals surface area (Å²) in [7, 11) is 0. The van der Waals surface area contributed by atoms with Gasteiger partial charge in [0.05, 0.1) is 23.9 Å². The standard InChI is InChI=1S/C26H26F6N4O4S2/c1-14(37)8-9-18(21(39)35-17(7-4-10-25(27,28)29)20(38)24-33-11-12-41-24)36-22(40)19-13-34-23(42-19)15-5-2-3-6-16(15)26(30,31)32/h2-3,5-6,11-14,17-18,37H,4,7-10H2,1H3,(H,35,39)(H,36,40)/t14?,17-,18-/m0/s1. The molecule has 8 nitrogen and oxygen atoms in total. The summed E-state index contributed by atoms with van der Waals surface area (Å²) < 4.78 is 78.5. The van der Waals surface area contributed by atoms with Gasteiger partial charge >= 0.3 is 12.4 Å². The van der Waals surface area contributed by atoms with Crippen LogP contribution in [0.15, 0.2) is 42.0 Å². The molecule has 3 aromatic rings. The van der Waals surface area contributed by atoms with Gasteiger partial charge in [0.15, 0.2) is 5.01 Å². The topological polar surface area (TPSA) is 121 Å². The third kappa shape index (κ3) is 9.59. The first kappa shape index (κ1) is 33.1. The zero-order valence-corrected chi connectivity index (χ0v) is 23.6. The van der Waals surface area contributed by atoms with Crippen molar-refractivity contribution in [2.24, 2.45) is 0 Å². The molecule has 0 aliphatic heterocycles. The number of nitrogens with one attached hydrogen (secondary N) is 2. The smallest absolute Gasteiger partial charge is 0.393 e. The number of carbonyl (C=O) groups excluding carboxylic acids is 3. The maximum absolute atomic E-state index is 13.4. The molecular formula is C26H26F6N4O4S2. The number of hydrogen-bond acceptors (Lipinski definition) is 8. The Morgan fingerprint density at radius 2 is 1.69 bits per heavy atom. The number of aliphatic hydroxyl groups is 1. The van der Waals surface area contributed by atoms with E-state index in [4.69, 9.17) is 0 Å². The van der Waals surface area contributed by atoms with E-state index in [2.05, 4.69) is 20.6 Å². The average Bonchev–Trinajstić information content (AvgIpc) is 3.61. The monoisotopic (exact) mass is 636 g/mol. The summed E-state index contributed by atoms with van der Waals surface area (Å²) in [4.78, 5) is 46.8. The number of halogens is 6. The molecule has 0 radical (unpaired) electrons. The van der Waals surface area contributed by atoms with Crippen LogP contribution in [0.4, 0.5) is 26.3 Å². The maximum atomic E-state index is 13.4. The molecule has 0 bridgehead atoms.